The number of aliphatic hydroxyl groups excluding tert-OH is 1. The number of hydrogen-bond donors (Lipinski definition) is 2. The smallest absolute Gasteiger partial charge is 0.311 e. The van der Waals surface area contributed by atoms with Gasteiger partial charge in [0.05, 0.1) is 36.9 Å². The Kier molecular flexibility index (Phi) is 2.55. The lowest BCUT2D eigenvalue weighted by Gasteiger charge is -2.47. The monoisotopic (exact) mass is 294 g/mol. The predicted octanol–water partition coefficient (Wildman–Crippen LogP) is 0.0131. The highest BCUT2D eigenvalue weighted by Crippen LogP contribution is 2.40. The quantitative estimate of drug-likeness (QED) is 0.588. The second-order valence-electron chi connectivity index (χ2n) is 5.48. The summed E-state index contributed by atoms with van der Waals surface area (Å²) in [5, 5.41) is 13.8. The van der Waals surface area contributed by atoms with Gasteiger partial charge in [0.1, 0.15) is 11.9 Å². The van der Waals surface area contributed by atoms with Crippen LogP contribution >= 0.6 is 12.2 Å². The molecule has 5 unspecified atom stereocenters. The van der Waals surface area contributed by atoms with E-state index in [1.165, 1.54) is 0 Å². The average molecular weight is 294 g/mol. The number of thiocarbonyl (C=S) groups is 1. The van der Waals surface area contributed by atoms with Crippen LogP contribution in [0.15, 0.2) is 22.8 Å². The molecule has 1 aromatic heterocycles. The summed E-state index contributed by atoms with van der Waals surface area (Å²) in [4.78, 5) is 13.9. The van der Waals surface area contributed by atoms with Crippen molar-refractivity contribution in [3.05, 3.63) is 24.2 Å². The normalized spacial score (nSPS) is 38.6. The van der Waals surface area contributed by atoms with E-state index in [4.69, 9.17) is 21.4 Å². The van der Waals surface area contributed by atoms with E-state index in [-0.39, 0.29) is 24.0 Å². The molecule has 5 rings (SSSR count). The van der Waals surface area contributed by atoms with Crippen molar-refractivity contribution in [1.82, 2.24) is 10.2 Å². The van der Waals surface area contributed by atoms with Crippen LogP contribution in [0.4, 0.5) is 0 Å². The van der Waals surface area contributed by atoms with Gasteiger partial charge in [-0.05, 0) is 30.8 Å². The standard InChI is InChI=1S/C13H14N2O4S/c16-8-4-7-10-9(11(8)19-12(7)17)14-13(20)15(10)5-6-2-1-3-18-6/h1-3,7-11,16H,4-5H2,(H,14,20). The molecule has 4 heterocycles. The van der Waals surface area contributed by atoms with E-state index >= 15 is 0 Å². The van der Waals surface area contributed by atoms with Gasteiger partial charge in [-0.25, -0.2) is 0 Å². The summed E-state index contributed by atoms with van der Waals surface area (Å²) < 4.78 is 10.6. The van der Waals surface area contributed by atoms with Gasteiger partial charge >= 0.3 is 5.97 Å². The Balaban J connectivity index is 1.65. The van der Waals surface area contributed by atoms with E-state index in [0.717, 1.165) is 5.76 Å². The van der Waals surface area contributed by atoms with Crippen LogP contribution in [0, 0.1) is 5.92 Å². The van der Waals surface area contributed by atoms with Crippen LogP contribution in [-0.2, 0) is 16.1 Å². The summed E-state index contributed by atoms with van der Waals surface area (Å²) in [5.74, 6) is 0.213. The molecule has 3 saturated heterocycles. The van der Waals surface area contributed by atoms with Gasteiger partial charge in [-0.2, -0.15) is 0 Å². The zero-order chi connectivity index (χ0) is 13.9. The van der Waals surface area contributed by atoms with Crippen LogP contribution in [0.25, 0.3) is 0 Å². The maximum Gasteiger partial charge on any atom is 0.311 e. The summed E-state index contributed by atoms with van der Waals surface area (Å²) >= 11 is 5.36. The van der Waals surface area contributed by atoms with E-state index in [1.807, 2.05) is 17.0 Å². The largest absolute Gasteiger partial charge is 0.467 e. The highest BCUT2D eigenvalue weighted by atomic mass is 32.1. The number of carbonyl (C=O) groups excluding carboxylic acids is 1. The molecule has 0 spiro atoms. The molecule has 6 nitrogen and oxygen atoms in total. The van der Waals surface area contributed by atoms with E-state index in [0.29, 0.717) is 18.1 Å². The molecular weight excluding hydrogens is 280 g/mol. The molecule has 2 bridgehead atoms. The summed E-state index contributed by atoms with van der Waals surface area (Å²) in [6.07, 6.45) is 0.920. The molecule has 0 amide bonds. The zero-order valence-electron chi connectivity index (χ0n) is 10.6. The van der Waals surface area contributed by atoms with Gasteiger partial charge in [0.25, 0.3) is 0 Å². The number of esters is 1. The number of rotatable bonds is 2. The topological polar surface area (TPSA) is 74.9 Å². The third kappa shape index (κ3) is 1.59. The first kappa shape index (κ1) is 12.2. The molecule has 0 aromatic carbocycles. The van der Waals surface area contributed by atoms with Crippen molar-refractivity contribution in [3.8, 4) is 0 Å². The predicted molar refractivity (Wildman–Crippen MR) is 71.6 cm³/mol. The Morgan fingerprint density at radius 3 is 3.15 bits per heavy atom. The Morgan fingerprint density at radius 2 is 2.40 bits per heavy atom. The van der Waals surface area contributed by atoms with Crippen LogP contribution in [-0.4, -0.2) is 45.4 Å². The lowest BCUT2D eigenvalue weighted by atomic mass is 9.75. The Bertz CT molecular complexity index is 561. The van der Waals surface area contributed by atoms with Gasteiger partial charge in [-0.15, -0.1) is 0 Å². The van der Waals surface area contributed by atoms with E-state index in [9.17, 15) is 9.90 Å². The summed E-state index contributed by atoms with van der Waals surface area (Å²) in [5.41, 5.74) is 0. The molecule has 4 fully saturated rings. The fraction of sp³-hybridized carbons (Fsp3) is 0.538. The molecule has 1 aliphatic carbocycles. The highest BCUT2D eigenvalue weighted by Gasteiger charge is 2.59. The molecule has 0 radical (unpaired) electrons. The first-order chi connectivity index (χ1) is 9.65. The van der Waals surface area contributed by atoms with Crippen molar-refractivity contribution < 1.29 is 19.1 Å². The number of carbonyl (C=O) groups is 1. The van der Waals surface area contributed by atoms with E-state index in [1.54, 1.807) is 6.26 Å². The van der Waals surface area contributed by atoms with Gasteiger partial charge in [-0.1, -0.05) is 0 Å². The molecule has 106 valence electrons. The number of hydrogen-bond acceptors (Lipinski definition) is 5. The molecule has 7 heteroatoms. The Labute approximate surface area is 120 Å². The number of nitrogens with zero attached hydrogens (tertiary/aromatic N) is 1. The van der Waals surface area contributed by atoms with E-state index in [2.05, 4.69) is 5.32 Å². The third-order valence-electron chi connectivity index (χ3n) is 4.38. The highest BCUT2D eigenvalue weighted by molar-refractivity contribution is 7.80. The number of furan rings is 1. The van der Waals surface area contributed by atoms with Crippen LogP contribution in [0.1, 0.15) is 12.2 Å². The first-order valence-corrected chi connectivity index (χ1v) is 7.04. The number of fused-ring (bicyclic) bond motifs is 2. The zero-order valence-corrected chi connectivity index (χ0v) is 11.4. The molecule has 5 atom stereocenters. The van der Waals surface area contributed by atoms with Crippen molar-refractivity contribution in [1.29, 1.82) is 0 Å². The second kappa shape index (κ2) is 4.20. The minimum Gasteiger partial charge on any atom is -0.467 e. The second-order valence-corrected chi connectivity index (χ2v) is 5.87. The fourth-order valence-electron chi connectivity index (χ4n) is 3.51. The maximum absolute atomic E-state index is 11.9. The molecule has 20 heavy (non-hydrogen) atoms. The molecule has 3 aliphatic heterocycles. The van der Waals surface area contributed by atoms with Gasteiger partial charge in [0, 0.05) is 0 Å². The van der Waals surface area contributed by atoms with Crippen molar-refractivity contribution in [2.45, 2.75) is 37.3 Å². The molecule has 1 aromatic rings. The fourth-order valence-corrected chi connectivity index (χ4v) is 3.84. The summed E-state index contributed by atoms with van der Waals surface area (Å²) in [7, 11) is 0. The Morgan fingerprint density at radius 1 is 1.55 bits per heavy atom. The summed E-state index contributed by atoms with van der Waals surface area (Å²) in [6, 6.07) is 3.50. The third-order valence-corrected chi connectivity index (χ3v) is 4.73. The van der Waals surface area contributed by atoms with Gasteiger partial charge < -0.3 is 24.5 Å². The number of aliphatic hydroxyl groups is 1. The molecule has 2 N–H and O–H groups in total. The van der Waals surface area contributed by atoms with Gasteiger partial charge in [0.15, 0.2) is 5.11 Å². The SMILES string of the molecule is O=C1OC2C(O)CC1C1C2NC(=S)N1Cc1ccco1. The molecule has 4 aliphatic rings. The lowest BCUT2D eigenvalue weighted by Crippen LogP contribution is -2.65. The lowest BCUT2D eigenvalue weighted by molar-refractivity contribution is -0.193. The van der Waals surface area contributed by atoms with Crippen LogP contribution in [0.5, 0.6) is 0 Å². The first-order valence-electron chi connectivity index (χ1n) is 6.63. The minimum absolute atomic E-state index is 0.0674. The van der Waals surface area contributed by atoms with Crippen LogP contribution in [0.2, 0.25) is 0 Å². The minimum atomic E-state index is -0.613. The summed E-state index contributed by atoms with van der Waals surface area (Å²) in [6.45, 7) is 0.520. The number of ether oxygens (including phenoxy) is 1. The van der Waals surface area contributed by atoms with Crippen molar-refractivity contribution in [3.63, 3.8) is 0 Å². The Hall–Kier alpha value is -1.60. The van der Waals surface area contributed by atoms with Gasteiger partial charge in [0.2, 0.25) is 0 Å². The average Bonchev–Trinajstić information content (AvgIpc) is 3.02. The van der Waals surface area contributed by atoms with Gasteiger partial charge in [-0.3, -0.25) is 4.79 Å². The van der Waals surface area contributed by atoms with Crippen LogP contribution in [0.3, 0.4) is 0 Å². The molecule has 1 saturated carbocycles. The molecular formula is C13H14N2O4S. The van der Waals surface area contributed by atoms with Crippen molar-refractivity contribution in [2.75, 3.05) is 0 Å². The van der Waals surface area contributed by atoms with Crippen LogP contribution < -0.4 is 5.32 Å². The number of nitrogens with one attached hydrogen (secondary N) is 1. The van der Waals surface area contributed by atoms with E-state index < -0.39 is 12.2 Å². The van der Waals surface area contributed by atoms with Crippen molar-refractivity contribution in [2.24, 2.45) is 5.92 Å². The maximum atomic E-state index is 11.9. The van der Waals surface area contributed by atoms with Crippen molar-refractivity contribution >= 4 is 23.3 Å².